The van der Waals surface area contributed by atoms with Gasteiger partial charge in [0.1, 0.15) is 5.75 Å². The standard InChI is InChI=1S/C21H28N2O2/c1-17(22(2)3)15-19(16-18-11-7-5-8-12-18)23(4)21(24)25-20-13-9-6-10-14-20/h5-14,17,19H,15-16H2,1-4H3/t17-,19-/m1/s1. The van der Waals surface area contributed by atoms with Gasteiger partial charge in [-0.15, -0.1) is 0 Å². The summed E-state index contributed by atoms with van der Waals surface area (Å²) in [5.74, 6) is 0.568. The van der Waals surface area contributed by atoms with Gasteiger partial charge < -0.3 is 14.5 Å². The first-order valence-electron chi connectivity index (χ1n) is 8.67. The fraction of sp³-hybridized carbons (Fsp3) is 0.381. The summed E-state index contributed by atoms with van der Waals surface area (Å²) in [5, 5.41) is 0. The number of rotatable bonds is 7. The molecule has 0 N–H and O–H groups in total. The Morgan fingerprint density at radius 1 is 0.960 bits per heavy atom. The summed E-state index contributed by atoms with van der Waals surface area (Å²) in [5.41, 5.74) is 1.22. The predicted octanol–water partition coefficient (Wildman–Crippen LogP) is 4.07. The van der Waals surface area contributed by atoms with Gasteiger partial charge in [0.15, 0.2) is 0 Å². The highest BCUT2D eigenvalue weighted by molar-refractivity contribution is 5.70. The molecule has 2 aromatic carbocycles. The average Bonchev–Trinajstić information content (AvgIpc) is 2.62. The van der Waals surface area contributed by atoms with Gasteiger partial charge in [-0.2, -0.15) is 0 Å². The van der Waals surface area contributed by atoms with Gasteiger partial charge in [0.05, 0.1) is 0 Å². The summed E-state index contributed by atoms with van der Waals surface area (Å²) in [6, 6.07) is 19.9. The van der Waals surface area contributed by atoms with Crippen molar-refractivity contribution in [1.82, 2.24) is 9.80 Å². The van der Waals surface area contributed by atoms with Crippen LogP contribution in [0.1, 0.15) is 18.9 Å². The third kappa shape index (κ3) is 5.91. The van der Waals surface area contributed by atoms with Crippen LogP contribution in [-0.4, -0.2) is 49.1 Å². The van der Waals surface area contributed by atoms with E-state index < -0.39 is 0 Å². The molecule has 134 valence electrons. The van der Waals surface area contributed by atoms with E-state index in [0.29, 0.717) is 11.8 Å². The van der Waals surface area contributed by atoms with E-state index in [1.807, 2.05) is 43.4 Å². The minimum absolute atomic E-state index is 0.0658. The molecule has 0 unspecified atom stereocenters. The van der Waals surface area contributed by atoms with Crippen LogP contribution in [0.4, 0.5) is 4.79 Å². The van der Waals surface area contributed by atoms with E-state index in [0.717, 1.165) is 12.8 Å². The summed E-state index contributed by atoms with van der Waals surface area (Å²) in [7, 11) is 5.94. The quantitative estimate of drug-likeness (QED) is 0.762. The Bertz CT molecular complexity index is 643. The lowest BCUT2D eigenvalue weighted by Gasteiger charge is -2.32. The molecule has 2 atom stereocenters. The normalized spacial score (nSPS) is 13.3. The summed E-state index contributed by atoms with van der Waals surface area (Å²) in [6.07, 6.45) is 1.36. The Kier molecular flexibility index (Phi) is 7.02. The Morgan fingerprint density at radius 3 is 2.08 bits per heavy atom. The lowest BCUT2D eigenvalue weighted by Crippen LogP contribution is -2.43. The molecular formula is C21H28N2O2. The molecule has 0 bridgehead atoms. The van der Waals surface area contributed by atoms with Crippen molar-refractivity contribution in [2.75, 3.05) is 21.1 Å². The number of hydrogen-bond donors (Lipinski definition) is 0. The molecule has 2 aromatic rings. The Balaban J connectivity index is 2.10. The monoisotopic (exact) mass is 340 g/mol. The van der Waals surface area contributed by atoms with Crippen molar-refractivity contribution in [1.29, 1.82) is 0 Å². The molecule has 0 aliphatic rings. The van der Waals surface area contributed by atoms with Crippen LogP contribution in [0.2, 0.25) is 0 Å². The molecule has 4 nitrogen and oxygen atoms in total. The van der Waals surface area contributed by atoms with Crippen molar-refractivity contribution in [2.45, 2.75) is 31.8 Å². The molecule has 0 saturated heterocycles. The van der Waals surface area contributed by atoms with Crippen LogP contribution in [0.25, 0.3) is 0 Å². The third-order valence-electron chi connectivity index (χ3n) is 4.59. The van der Waals surface area contributed by atoms with Crippen molar-refractivity contribution in [3.8, 4) is 5.75 Å². The number of benzene rings is 2. The SMILES string of the molecule is C[C@H](C[C@H](Cc1ccccc1)N(C)C(=O)Oc1ccccc1)N(C)C. The maximum atomic E-state index is 12.6. The van der Waals surface area contributed by atoms with Gasteiger partial charge >= 0.3 is 6.09 Å². The first-order chi connectivity index (χ1) is 12.0. The van der Waals surface area contributed by atoms with E-state index >= 15 is 0 Å². The van der Waals surface area contributed by atoms with Gasteiger partial charge in [0.25, 0.3) is 0 Å². The lowest BCUT2D eigenvalue weighted by molar-refractivity contribution is 0.132. The average molecular weight is 340 g/mol. The molecule has 2 rings (SSSR count). The van der Waals surface area contributed by atoms with Crippen LogP contribution in [0.5, 0.6) is 5.75 Å². The molecule has 1 amide bonds. The molecule has 0 aliphatic heterocycles. The van der Waals surface area contributed by atoms with E-state index in [2.05, 4.69) is 38.1 Å². The van der Waals surface area contributed by atoms with Gasteiger partial charge in [0, 0.05) is 19.1 Å². The van der Waals surface area contributed by atoms with Gasteiger partial charge in [-0.1, -0.05) is 48.5 Å². The van der Waals surface area contributed by atoms with Gasteiger partial charge in [-0.05, 0) is 51.6 Å². The van der Waals surface area contributed by atoms with E-state index in [4.69, 9.17) is 4.74 Å². The molecule has 0 spiro atoms. The fourth-order valence-electron chi connectivity index (χ4n) is 2.68. The van der Waals surface area contributed by atoms with E-state index in [1.165, 1.54) is 5.56 Å². The van der Waals surface area contributed by atoms with Crippen molar-refractivity contribution < 1.29 is 9.53 Å². The number of carbonyl (C=O) groups is 1. The van der Waals surface area contributed by atoms with Crippen LogP contribution < -0.4 is 4.74 Å². The van der Waals surface area contributed by atoms with E-state index in [-0.39, 0.29) is 12.1 Å². The third-order valence-corrected chi connectivity index (χ3v) is 4.59. The Labute approximate surface area is 151 Å². The summed E-state index contributed by atoms with van der Waals surface area (Å²) in [4.78, 5) is 16.5. The Morgan fingerprint density at radius 2 is 1.52 bits per heavy atom. The fourth-order valence-corrected chi connectivity index (χ4v) is 2.68. The van der Waals surface area contributed by atoms with E-state index in [9.17, 15) is 4.79 Å². The highest BCUT2D eigenvalue weighted by atomic mass is 16.6. The van der Waals surface area contributed by atoms with Crippen molar-refractivity contribution >= 4 is 6.09 Å². The predicted molar refractivity (Wildman–Crippen MR) is 102 cm³/mol. The summed E-state index contributed by atoms with van der Waals surface area (Å²) >= 11 is 0. The number of carbonyl (C=O) groups excluding carboxylic acids is 1. The molecule has 0 saturated carbocycles. The van der Waals surface area contributed by atoms with Gasteiger partial charge in [-0.25, -0.2) is 4.79 Å². The summed E-state index contributed by atoms with van der Waals surface area (Å²) in [6.45, 7) is 2.17. The molecule has 0 aliphatic carbocycles. The van der Waals surface area contributed by atoms with Crippen LogP contribution >= 0.6 is 0 Å². The topological polar surface area (TPSA) is 32.8 Å². The zero-order valence-electron chi connectivity index (χ0n) is 15.6. The van der Waals surface area contributed by atoms with Crippen molar-refractivity contribution in [3.63, 3.8) is 0 Å². The second-order valence-corrected chi connectivity index (χ2v) is 6.68. The highest BCUT2D eigenvalue weighted by Gasteiger charge is 2.24. The molecule has 0 heterocycles. The van der Waals surface area contributed by atoms with Crippen LogP contribution in [0.3, 0.4) is 0 Å². The minimum atomic E-state index is -0.321. The van der Waals surface area contributed by atoms with Gasteiger partial charge in [0.2, 0.25) is 0 Å². The number of ether oxygens (including phenoxy) is 1. The van der Waals surface area contributed by atoms with Crippen molar-refractivity contribution in [3.05, 3.63) is 66.2 Å². The van der Waals surface area contributed by atoms with Crippen LogP contribution in [0, 0.1) is 0 Å². The zero-order valence-corrected chi connectivity index (χ0v) is 15.6. The molecule has 25 heavy (non-hydrogen) atoms. The number of para-hydroxylation sites is 1. The first-order valence-corrected chi connectivity index (χ1v) is 8.67. The van der Waals surface area contributed by atoms with Crippen LogP contribution in [0.15, 0.2) is 60.7 Å². The number of likely N-dealkylation sites (N-methyl/N-ethyl adjacent to an activating group) is 1. The molecule has 0 fully saturated rings. The van der Waals surface area contributed by atoms with Crippen LogP contribution in [-0.2, 0) is 6.42 Å². The second-order valence-electron chi connectivity index (χ2n) is 6.68. The number of hydrogen-bond acceptors (Lipinski definition) is 3. The lowest BCUT2D eigenvalue weighted by atomic mass is 9.98. The zero-order chi connectivity index (χ0) is 18.2. The first kappa shape index (κ1) is 19.0. The number of nitrogens with zero attached hydrogens (tertiary/aromatic N) is 2. The smallest absolute Gasteiger partial charge is 0.410 e. The van der Waals surface area contributed by atoms with Gasteiger partial charge in [-0.3, -0.25) is 0 Å². The largest absolute Gasteiger partial charge is 0.415 e. The maximum Gasteiger partial charge on any atom is 0.415 e. The van der Waals surface area contributed by atoms with E-state index in [1.54, 1.807) is 17.0 Å². The van der Waals surface area contributed by atoms with Crippen molar-refractivity contribution in [2.24, 2.45) is 0 Å². The highest BCUT2D eigenvalue weighted by Crippen LogP contribution is 2.17. The minimum Gasteiger partial charge on any atom is -0.410 e. The molecule has 4 heteroatoms. The molecule has 0 aromatic heterocycles. The maximum absolute atomic E-state index is 12.6. The second kappa shape index (κ2) is 9.23. The number of amides is 1. The Hall–Kier alpha value is -2.33. The molecular weight excluding hydrogens is 312 g/mol. The summed E-state index contributed by atoms with van der Waals surface area (Å²) < 4.78 is 5.51. The molecule has 0 radical (unpaired) electrons.